The lowest BCUT2D eigenvalue weighted by atomic mass is 10.4. The molecule has 0 bridgehead atoms. The molecule has 1 aromatic rings. The molecule has 0 aromatic carbocycles. The average molecular weight is 300 g/mol. The number of esters is 1. The number of thiocarbonyl (C=S) groups is 1. The van der Waals surface area contributed by atoms with Gasteiger partial charge >= 0.3 is 5.97 Å². The van der Waals surface area contributed by atoms with E-state index in [1.165, 1.54) is 6.92 Å². The van der Waals surface area contributed by atoms with Gasteiger partial charge in [-0.2, -0.15) is 0 Å². The van der Waals surface area contributed by atoms with Crippen LogP contribution in [0, 0.1) is 0 Å². The predicted molar refractivity (Wildman–Crippen MR) is 72.5 cm³/mol. The molecule has 1 aliphatic heterocycles. The molecule has 1 fully saturated rings. The van der Waals surface area contributed by atoms with Crippen molar-refractivity contribution in [3.8, 4) is 0 Å². The highest BCUT2D eigenvalue weighted by molar-refractivity contribution is 7.80. The van der Waals surface area contributed by atoms with E-state index >= 15 is 0 Å². The lowest BCUT2D eigenvalue weighted by molar-refractivity contribution is -0.244. The van der Waals surface area contributed by atoms with E-state index in [9.17, 15) is 4.79 Å². The van der Waals surface area contributed by atoms with Crippen molar-refractivity contribution >= 4 is 23.3 Å². The molecule has 0 radical (unpaired) electrons. The summed E-state index contributed by atoms with van der Waals surface area (Å²) < 4.78 is 20.9. The zero-order valence-corrected chi connectivity index (χ0v) is 11.8. The molecule has 0 unspecified atom stereocenters. The Morgan fingerprint density at radius 2 is 2.30 bits per heavy atom. The number of carbonyl (C=O) groups is 1. The molecule has 1 aromatic heterocycles. The summed E-state index contributed by atoms with van der Waals surface area (Å²) in [6.07, 6.45) is 0.135. The van der Waals surface area contributed by atoms with Crippen LogP contribution in [0.5, 0.6) is 0 Å². The Morgan fingerprint density at radius 3 is 3.00 bits per heavy atom. The van der Waals surface area contributed by atoms with Gasteiger partial charge in [0, 0.05) is 6.92 Å². The molecule has 20 heavy (non-hydrogen) atoms. The second-order valence-electron chi connectivity index (χ2n) is 4.05. The minimum atomic E-state index is -0.815. The van der Waals surface area contributed by atoms with Crippen LogP contribution in [0.4, 0.5) is 0 Å². The number of hydrogen-bond acceptors (Lipinski definition) is 6. The second-order valence-corrected chi connectivity index (χ2v) is 4.45. The van der Waals surface area contributed by atoms with Crippen LogP contribution < -0.4 is 10.6 Å². The Labute approximate surface area is 121 Å². The summed E-state index contributed by atoms with van der Waals surface area (Å²) in [5.41, 5.74) is 0. The highest BCUT2D eigenvalue weighted by Crippen LogP contribution is 2.09. The lowest BCUT2D eigenvalue weighted by Crippen LogP contribution is -2.53. The van der Waals surface area contributed by atoms with Crippen LogP contribution in [0.25, 0.3) is 0 Å². The molecule has 0 amide bonds. The highest BCUT2D eigenvalue weighted by Gasteiger charge is 2.30. The van der Waals surface area contributed by atoms with E-state index in [-0.39, 0.29) is 0 Å². The molecule has 2 rings (SSSR count). The molecule has 1 aliphatic rings. The number of furan rings is 1. The van der Waals surface area contributed by atoms with Crippen LogP contribution in [0.2, 0.25) is 0 Å². The van der Waals surface area contributed by atoms with Crippen molar-refractivity contribution in [2.24, 2.45) is 0 Å². The maximum absolute atomic E-state index is 11.0. The monoisotopic (exact) mass is 300 g/mol. The van der Waals surface area contributed by atoms with Crippen LogP contribution in [-0.2, 0) is 25.5 Å². The van der Waals surface area contributed by atoms with Crippen LogP contribution in [0.15, 0.2) is 22.8 Å². The molecule has 0 aliphatic carbocycles. The van der Waals surface area contributed by atoms with Gasteiger partial charge in [-0.3, -0.25) is 4.79 Å². The van der Waals surface area contributed by atoms with E-state index in [1.807, 2.05) is 6.07 Å². The molecule has 110 valence electrons. The first-order valence-corrected chi connectivity index (χ1v) is 6.53. The smallest absolute Gasteiger partial charge is 0.305 e. The van der Waals surface area contributed by atoms with Crippen LogP contribution in [0.3, 0.4) is 0 Å². The third-order valence-corrected chi connectivity index (χ3v) is 2.73. The Balaban J connectivity index is 1.80. The Hall–Kier alpha value is -1.64. The van der Waals surface area contributed by atoms with Crippen molar-refractivity contribution in [1.82, 2.24) is 10.6 Å². The average Bonchev–Trinajstić information content (AvgIpc) is 2.91. The third kappa shape index (κ3) is 4.48. The van der Waals surface area contributed by atoms with Gasteiger partial charge in [0.25, 0.3) is 0 Å². The van der Waals surface area contributed by atoms with Crippen molar-refractivity contribution < 1.29 is 23.4 Å². The van der Waals surface area contributed by atoms with Crippen LogP contribution >= 0.6 is 12.2 Å². The number of rotatable bonds is 4. The normalized spacial score (nSPS) is 22.1. The fourth-order valence-corrected chi connectivity index (χ4v) is 1.82. The van der Waals surface area contributed by atoms with Crippen molar-refractivity contribution in [2.75, 3.05) is 13.2 Å². The van der Waals surface area contributed by atoms with Crippen molar-refractivity contribution in [2.45, 2.75) is 26.0 Å². The first-order valence-electron chi connectivity index (χ1n) is 6.12. The van der Waals surface area contributed by atoms with Gasteiger partial charge in [-0.15, -0.1) is 0 Å². The largest absolute Gasteiger partial charge is 0.467 e. The van der Waals surface area contributed by atoms with E-state index in [2.05, 4.69) is 10.6 Å². The highest BCUT2D eigenvalue weighted by atomic mass is 32.1. The van der Waals surface area contributed by atoms with Gasteiger partial charge in [0.1, 0.15) is 5.76 Å². The predicted octanol–water partition coefficient (Wildman–Crippen LogP) is 0.506. The molecule has 8 heteroatoms. The van der Waals surface area contributed by atoms with E-state index in [4.69, 9.17) is 30.8 Å². The number of ether oxygens (including phenoxy) is 3. The number of hydrogen-bond donors (Lipinski definition) is 2. The molecular formula is C12H16N2O5S. The third-order valence-electron chi connectivity index (χ3n) is 2.47. The summed E-state index contributed by atoms with van der Waals surface area (Å²) >= 11 is 5.13. The van der Waals surface area contributed by atoms with Gasteiger partial charge in [-0.05, 0) is 24.4 Å². The minimum Gasteiger partial charge on any atom is -0.467 e. The first kappa shape index (κ1) is 14.8. The number of carbonyl (C=O) groups excluding carboxylic acids is 1. The fourth-order valence-electron chi connectivity index (χ4n) is 1.64. The van der Waals surface area contributed by atoms with Gasteiger partial charge in [-0.25, -0.2) is 0 Å². The summed E-state index contributed by atoms with van der Waals surface area (Å²) in [4.78, 5) is 11.0. The molecule has 0 spiro atoms. The molecular weight excluding hydrogens is 284 g/mol. The standard InChI is InChI=1S/C12H16N2O5S/c1-8(15)19-11-10(17-5-6-18-11)14-12(20)13-7-9-3-2-4-16-9/h2-4,10-11H,5-7H2,1H3,(H2,13,14,20)/t10-,11+/m1/s1. The quantitative estimate of drug-likeness (QED) is 0.615. The van der Waals surface area contributed by atoms with Gasteiger partial charge in [-0.1, -0.05) is 0 Å². The lowest BCUT2D eigenvalue weighted by Gasteiger charge is -2.31. The fraction of sp³-hybridized carbons (Fsp3) is 0.500. The van der Waals surface area contributed by atoms with E-state index in [1.54, 1.807) is 12.3 Å². The van der Waals surface area contributed by atoms with Crippen molar-refractivity contribution in [3.63, 3.8) is 0 Å². The van der Waals surface area contributed by atoms with Crippen molar-refractivity contribution in [1.29, 1.82) is 0 Å². The van der Waals surface area contributed by atoms with Crippen LogP contribution in [-0.4, -0.2) is 36.8 Å². The Bertz CT molecular complexity index is 451. The van der Waals surface area contributed by atoms with Gasteiger partial charge in [0.05, 0.1) is 26.0 Å². The second kappa shape index (κ2) is 7.22. The van der Waals surface area contributed by atoms with Gasteiger partial charge < -0.3 is 29.3 Å². The van der Waals surface area contributed by atoms with Gasteiger partial charge in [0.15, 0.2) is 11.3 Å². The van der Waals surface area contributed by atoms with Crippen molar-refractivity contribution in [3.05, 3.63) is 24.2 Å². The summed E-state index contributed by atoms with van der Waals surface area (Å²) in [5, 5.41) is 6.20. The van der Waals surface area contributed by atoms with Gasteiger partial charge in [0.2, 0.25) is 6.29 Å². The maximum atomic E-state index is 11.0. The zero-order valence-electron chi connectivity index (χ0n) is 11.0. The summed E-state index contributed by atoms with van der Waals surface area (Å²) in [6.45, 7) is 2.52. The molecule has 0 saturated carbocycles. The maximum Gasteiger partial charge on any atom is 0.305 e. The SMILES string of the molecule is CC(=O)O[C@@H]1OCCO[C@H]1NC(=S)NCc1ccco1. The Morgan fingerprint density at radius 1 is 1.50 bits per heavy atom. The van der Waals surface area contributed by atoms with Crippen LogP contribution in [0.1, 0.15) is 12.7 Å². The minimum absolute atomic E-state index is 0.356. The topological polar surface area (TPSA) is 82.0 Å². The number of nitrogens with one attached hydrogen (secondary N) is 2. The van der Waals surface area contributed by atoms with E-state index in [0.29, 0.717) is 24.9 Å². The van der Waals surface area contributed by atoms with E-state index in [0.717, 1.165) is 5.76 Å². The molecule has 2 N–H and O–H groups in total. The summed E-state index contributed by atoms with van der Waals surface area (Å²) in [6, 6.07) is 3.62. The van der Waals surface area contributed by atoms with E-state index < -0.39 is 18.5 Å². The summed E-state index contributed by atoms with van der Waals surface area (Å²) in [7, 11) is 0. The molecule has 1 saturated heterocycles. The molecule has 2 heterocycles. The zero-order chi connectivity index (χ0) is 14.4. The molecule has 7 nitrogen and oxygen atoms in total. The summed E-state index contributed by atoms with van der Waals surface area (Å²) in [5.74, 6) is 0.313. The Kier molecular flexibility index (Phi) is 5.33. The first-order chi connectivity index (χ1) is 9.65. The molecule has 2 atom stereocenters.